The topological polar surface area (TPSA) is 78.9 Å². The molecule has 178 valence electrons. The summed E-state index contributed by atoms with van der Waals surface area (Å²) < 4.78 is 11.9. The van der Waals surface area contributed by atoms with Gasteiger partial charge in [0.15, 0.2) is 11.5 Å². The first-order valence-corrected chi connectivity index (χ1v) is 12.2. The predicted octanol–water partition coefficient (Wildman–Crippen LogP) is 6.17. The molecule has 0 unspecified atom stereocenters. The quantitative estimate of drug-likeness (QED) is 0.319. The van der Waals surface area contributed by atoms with Gasteiger partial charge in [0.25, 0.3) is 11.8 Å². The molecule has 1 aliphatic heterocycles. The summed E-state index contributed by atoms with van der Waals surface area (Å²) in [6.45, 7) is 2.41. The van der Waals surface area contributed by atoms with Crippen LogP contribution in [-0.4, -0.2) is 42.9 Å². The van der Waals surface area contributed by atoms with Gasteiger partial charge in [0.2, 0.25) is 0 Å². The lowest BCUT2D eigenvalue weighted by molar-refractivity contribution is 0.0714. The third kappa shape index (κ3) is 5.13. The van der Waals surface area contributed by atoms with Crippen molar-refractivity contribution in [2.75, 3.05) is 36.4 Å². The first-order chi connectivity index (χ1) is 17.0. The molecular weight excluding hydrogens is 534 g/mol. The Hall–Kier alpha value is -3.49. The number of anilines is 2. The average molecular weight is 555 g/mol. The van der Waals surface area contributed by atoms with Crippen LogP contribution >= 0.6 is 27.5 Å². The molecule has 0 saturated carbocycles. The van der Waals surface area contributed by atoms with Gasteiger partial charge in [-0.15, -0.1) is 0 Å². The lowest BCUT2D eigenvalue weighted by atomic mass is 10.2. The standard InChI is InChI=1S/C26H21BrClN3O4/c27-18-5-3-17(4-6-18)22-9-10-23(35-22)25(32)29-19-7-8-21(20(28)16-19)30-11-13-31(14-12-30)26(33)24-2-1-15-34-24/h1-10,15-16H,11-14H2,(H,29,32). The van der Waals surface area contributed by atoms with Crippen molar-refractivity contribution in [3.05, 3.63) is 94.0 Å². The number of benzene rings is 2. The second-order valence-corrected chi connectivity index (χ2v) is 9.37. The van der Waals surface area contributed by atoms with E-state index in [1.54, 1.807) is 41.3 Å². The van der Waals surface area contributed by atoms with Crippen LogP contribution in [0.4, 0.5) is 11.4 Å². The minimum atomic E-state index is -0.359. The largest absolute Gasteiger partial charge is 0.459 e. The smallest absolute Gasteiger partial charge is 0.291 e. The maximum atomic E-state index is 12.7. The van der Waals surface area contributed by atoms with Crippen molar-refractivity contribution in [3.8, 4) is 11.3 Å². The molecule has 35 heavy (non-hydrogen) atoms. The van der Waals surface area contributed by atoms with Crippen LogP contribution < -0.4 is 10.2 Å². The number of hydrogen-bond donors (Lipinski definition) is 1. The minimum Gasteiger partial charge on any atom is -0.459 e. The Labute approximate surface area is 215 Å². The van der Waals surface area contributed by atoms with Gasteiger partial charge in [-0.25, -0.2) is 0 Å². The first-order valence-electron chi connectivity index (χ1n) is 11.0. The van der Waals surface area contributed by atoms with E-state index in [0.29, 0.717) is 48.4 Å². The van der Waals surface area contributed by atoms with Crippen LogP contribution in [-0.2, 0) is 0 Å². The molecular formula is C26H21BrClN3O4. The molecule has 0 radical (unpaired) electrons. The zero-order valence-electron chi connectivity index (χ0n) is 18.5. The second kappa shape index (κ2) is 10.0. The summed E-state index contributed by atoms with van der Waals surface area (Å²) in [6, 6.07) is 19.8. The maximum absolute atomic E-state index is 12.7. The fourth-order valence-corrected chi connectivity index (χ4v) is 4.53. The first kappa shape index (κ1) is 23.3. The zero-order valence-corrected chi connectivity index (χ0v) is 20.9. The highest BCUT2D eigenvalue weighted by molar-refractivity contribution is 9.10. The summed E-state index contributed by atoms with van der Waals surface area (Å²) in [4.78, 5) is 29.1. The number of nitrogens with one attached hydrogen (secondary N) is 1. The molecule has 2 aromatic carbocycles. The molecule has 7 nitrogen and oxygen atoms in total. The summed E-state index contributed by atoms with van der Waals surface area (Å²) in [6.07, 6.45) is 1.50. The summed E-state index contributed by atoms with van der Waals surface area (Å²) in [5, 5.41) is 3.35. The van der Waals surface area contributed by atoms with Gasteiger partial charge < -0.3 is 24.0 Å². The third-order valence-electron chi connectivity index (χ3n) is 5.80. The molecule has 1 fully saturated rings. The maximum Gasteiger partial charge on any atom is 0.291 e. The van der Waals surface area contributed by atoms with Crippen molar-refractivity contribution in [3.63, 3.8) is 0 Å². The normalized spacial score (nSPS) is 13.7. The van der Waals surface area contributed by atoms with Gasteiger partial charge in [-0.1, -0.05) is 39.7 Å². The fraction of sp³-hybridized carbons (Fsp3) is 0.154. The molecule has 0 spiro atoms. The summed E-state index contributed by atoms with van der Waals surface area (Å²) in [5.41, 5.74) is 2.30. The van der Waals surface area contributed by atoms with Crippen LogP contribution in [0.1, 0.15) is 21.1 Å². The molecule has 3 heterocycles. The number of amides is 2. The Morgan fingerprint density at radius 2 is 1.69 bits per heavy atom. The molecule has 0 atom stereocenters. The van der Waals surface area contributed by atoms with Crippen LogP contribution in [0.15, 0.2) is 86.3 Å². The van der Waals surface area contributed by atoms with E-state index in [4.69, 9.17) is 20.4 Å². The highest BCUT2D eigenvalue weighted by Gasteiger charge is 2.25. The van der Waals surface area contributed by atoms with Gasteiger partial charge in [-0.2, -0.15) is 0 Å². The molecule has 9 heteroatoms. The van der Waals surface area contributed by atoms with E-state index >= 15 is 0 Å². The summed E-state index contributed by atoms with van der Waals surface area (Å²) in [5.74, 6) is 0.695. The number of rotatable bonds is 5. The molecule has 1 N–H and O–H groups in total. The third-order valence-corrected chi connectivity index (χ3v) is 6.64. The molecule has 1 saturated heterocycles. The van der Waals surface area contributed by atoms with Crippen LogP contribution in [0, 0.1) is 0 Å². The van der Waals surface area contributed by atoms with Crippen molar-refractivity contribution in [1.82, 2.24) is 4.90 Å². The number of furan rings is 2. The molecule has 2 aromatic heterocycles. The summed E-state index contributed by atoms with van der Waals surface area (Å²) in [7, 11) is 0. The SMILES string of the molecule is O=C(Nc1ccc(N2CCN(C(=O)c3ccco3)CC2)c(Cl)c1)c1ccc(-c2ccc(Br)cc2)o1. The average Bonchev–Trinajstić information content (AvgIpc) is 3.57. The van der Waals surface area contributed by atoms with E-state index in [2.05, 4.69) is 26.1 Å². The van der Waals surface area contributed by atoms with Crippen LogP contribution in [0.3, 0.4) is 0 Å². The fourth-order valence-electron chi connectivity index (χ4n) is 3.97. The number of piperazine rings is 1. The number of carbonyl (C=O) groups excluding carboxylic acids is 2. The van der Waals surface area contributed by atoms with E-state index < -0.39 is 0 Å². The molecule has 5 rings (SSSR count). The molecule has 4 aromatic rings. The lowest BCUT2D eigenvalue weighted by Crippen LogP contribution is -2.48. The monoisotopic (exact) mass is 553 g/mol. The predicted molar refractivity (Wildman–Crippen MR) is 138 cm³/mol. The number of nitrogens with zero attached hydrogens (tertiary/aromatic N) is 2. The van der Waals surface area contributed by atoms with Gasteiger partial charge in [0, 0.05) is 41.9 Å². The molecule has 2 amide bonds. The Balaban J connectivity index is 1.21. The number of halogens is 2. The Kier molecular flexibility index (Phi) is 6.66. The van der Waals surface area contributed by atoms with E-state index in [9.17, 15) is 9.59 Å². The van der Waals surface area contributed by atoms with Crippen molar-refractivity contribution >= 4 is 50.7 Å². The number of hydrogen-bond acceptors (Lipinski definition) is 5. The Morgan fingerprint density at radius 3 is 2.37 bits per heavy atom. The summed E-state index contributed by atoms with van der Waals surface area (Å²) >= 11 is 9.96. The van der Waals surface area contributed by atoms with E-state index in [-0.39, 0.29) is 17.6 Å². The van der Waals surface area contributed by atoms with Crippen LogP contribution in [0.25, 0.3) is 11.3 Å². The van der Waals surface area contributed by atoms with E-state index in [1.165, 1.54) is 6.26 Å². The van der Waals surface area contributed by atoms with Crippen LogP contribution in [0.2, 0.25) is 5.02 Å². The Bertz CT molecular complexity index is 1340. The second-order valence-electron chi connectivity index (χ2n) is 8.05. The van der Waals surface area contributed by atoms with Crippen molar-refractivity contribution in [2.45, 2.75) is 0 Å². The lowest BCUT2D eigenvalue weighted by Gasteiger charge is -2.36. The zero-order chi connectivity index (χ0) is 24.4. The van der Waals surface area contributed by atoms with Gasteiger partial charge in [-0.05, 0) is 54.6 Å². The number of carbonyl (C=O) groups is 2. The molecule has 0 aliphatic carbocycles. The van der Waals surface area contributed by atoms with E-state index in [0.717, 1.165) is 15.7 Å². The van der Waals surface area contributed by atoms with Gasteiger partial charge in [0.05, 0.1) is 17.0 Å². The van der Waals surface area contributed by atoms with Crippen molar-refractivity contribution in [2.24, 2.45) is 0 Å². The highest BCUT2D eigenvalue weighted by atomic mass is 79.9. The van der Waals surface area contributed by atoms with Gasteiger partial charge >= 0.3 is 0 Å². The highest BCUT2D eigenvalue weighted by Crippen LogP contribution is 2.30. The minimum absolute atomic E-state index is 0.111. The Morgan fingerprint density at radius 1 is 0.914 bits per heavy atom. The van der Waals surface area contributed by atoms with Crippen LogP contribution in [0.5, 0.6) is 0 Å². The van der Waals surface area contributed by atoms with Crippen molar-refractivity contribution < 1.29 is 18.4 Å². The van der Waals surface area contributed by atoms with Gasteiger partial charge in [0.1, 0.15) is 5.76 Å². The van der Waals surface area contributed by atoms with E-state index in [1.807, 2.05) is 30.3 Å². The van der Waals surface area contributed by atoms with Crippen molar-refractivity contribution in [1.29, 1.82) is 0 Å². The molecule has 0 bridgehead atoms. The van der Waals surface area contributed by atoms with Gasteiger partial charge in [-0.3, -0.25) is 9.59 Å². The molecule has 1 aliphatic rings.